The summed E-state index contributed by atoms with van der Waals surface area (Å²) in [5.74, 6) is 0.587. The Kier molecular flexibility index (Phi) is 5.87. The molecule has 5 heteroatoms. The highest BCUT2D eigenvalue weighted by molar-refractivity contribution is 7.80. The number of ether oxygens (including phenoxy) is 1. The zero-order valence-electron chi connectivity index (χ0n) is 14.4. The van der Waals surface area contributed by atoms with Crippen LogP contribution in [0.15, 0.2) is 48.5 Å². The number of nitrogens with zero attached hydrogens (tertiary/aromatic N) is 1. The molecule has 0 saturated heterocycles. The molecule has 0 spiro atoms. The lowest BCUT2D eigenvalue weighted by Crippen LogP contribution is -2.41. The Morgan fingerprint density at radius 3 is 2.68 bits per heavy atom. The van der Waals surface area contributed by atoms with Gasteiger partial charge in [0.2, 0.25) is 0 Å². The molecule has 0 unspecified atom stereocenters. The molecule has 0 amide bonds. The van der Waals surface area contributed by atoms with Crippen LogP contribution in [0.2, 0.25) is 0 Å². The first kappa shape index (κ1) is 17.7. The lowest BCUT2D eigenvalue weighted by Gasteiger charge is -2.32. The van der Waals surface area contributed by atoms with Gasteiger partial charge in [0.15, 0.2) is 5.11 Å². The highest BCUT2D eigenvalue weighted by atomic mass is 32.1. The maximum absolute atomic E-state index is 14.1. The number of methoxy groups -OCH3 is 1. The van der Waals surface area contributed by atoms with Gasteiger partial charge in [-0.2, -0.15) is 0 Å². The standard InChI is InChI=1S/C20H23FN2OS/c1-24-18-11-6-8-16(13-18)22-20(25)23(17-9-3-4-10-17)14-15-7-2-5-12-19(15)21/h2,5-8,11-13,17H,3-4,9-10,14H2,1H3,(H,22,25). The van der Waals surface area contributed by atoms with Gasteiger partial charge < -0.3 is 15.0 Å². The Bertz CT molecular complexity index is 731. The van der Waals surface area contributed by atoms with Gasteiger partial charge in [0, 0.05) is 29.9 Å². The summed E-state index contributed by atoms with van der Waals surface area (Å²) in [6.45, 7) is 0.479. The molecule has 0 heterocycles. The fraction of sp³-hybridized carbons (Fsp3) is 0.350. The van der Waals surface area contributed by atoms with E-state index in [0.29, 0.717) is 23.3 Å². The van der Waals surface area contributed by atoms with Gasteiger partial charge in [0.25, 0.3) is 0 Å². The van der Waals surface area contributed by atoms with Crippen LogP contribution in [-0.4, -0.2) is 23.2 Å². The minimum absolute atomic E-state index is 0.185. The first-order valence-corrected chi connectivity index (χ1v) is 9.03. The third-order valence-electron chi connectivity index (χ3n) is 4.65. The van der Waals surface area contributed by atoms with Crippen LogP contribution >= 0.6 is 12.2 Å². The Labute approximate surface area is 153 Å². The SMILES string of the molecule is COc1cccc(NC(=S)N(Cc2ccccc2F)C2CCCC2)c1. The van der Waals surface area contributed by atoms with Gasteiger partial charge in [-0.3, -0.25) is 0 Å². The molecule has 2 aromatic rings. The van der Waals surface area contributed by atoms with Crippen LogP contribution in [0.25, 0.3) is 0 Å². The number of nitrogens with one attached hydrogen (secondary N) is 1. The smallest absolute Gasteiger partial charge is 0.173 e. The molecule has 0 atom stereocenters. The molecule has 0 bridgehead atoms. The van der Waals surface area contributed by atoms with E-state index in [0.717, 1.165) is 24.3 Å². The van der Waals surface area contributed by atoms with Gasteiger partial charge >= 0.3 is 0 Å². The van der Waals surface area contributed by atoms with E-state index in [-0.39, 0.29) is 5.82 Å². The molecular weight excluding hydrogens is 335 g/mol. The van der Waals surface area contributed by atoms with Crippen molar-refractivity contribution in [2.75, 3.05) is 12.4 Å². The number of halogens is 1. The van der Waals surface area contributed by atoms with Crippen molar-refractivity contribution in [3.63, 3.8) is 0 Å². The van der Waals surface area contributed by atoms with Crippen molar-refractivity contribution in [3.8, 4) is 5.75 Å². The van der Waals surface area contributed by atoms with Crippen molar-refractivity contribution in [2.45, 2.75) is 38.3 Å². The quantitative estimate of drug-likeness (QED) is 0.762. The highest BCUT2D eigenvalue weighted by Gasteiger charge is 2.25. The highest BCUT2D eigenvalue weighted by Crippen LogP contribution is 2.27. The zero-order chi connectivity index (χ0) is 17.6. The van der Waals surface area contributed by atoms with E-state index in [1.54, 1.807) is 13.2 Å². The molecule has 0 aliphatic heterocycles. The fourth-order valence-corrected chi connectivity index (χ4v) is 3.62. The monoisotopic (exact) mass is 358 g/mol. The van der Waals surface area contributed by atoms with E-state index in [1.165, 1.54) is 18.9 Å². The Hall–Kier alpha value is -2.14. The first-order valence-electron chi connectivity index (χ1n) is 8.62. The van der Waals surface area contributed by atoms with Crippen molar-refractivity contribution >= 4 is 23.0 Å². The first-order chi connectivity index (χ1) is 12.2. The number of hydrogen-bond donors (Lipinski definition) is 1. The molecular formula is C20H23FN2OS. The van der Waals surface area contributed by atoms with Crippen LogP contribution in [-0.2, 0) is 6.54 Å². The average Bonchev–Trinajstić information content (AvgIpc) is 3.15. The van der Waals surface area contributed by atoms with Crippen LogP contribution in [0.1, 0.15) is 31.2 Å². The van der Waals surface area contributed by atoms with Crippen LogP contribution in [0, 0.1) is 5.82 Å². The third-order valence-corrected chi connectivity index (χ3v) is 4.98. The van der Waals surface area contributed by atoms with Crippen LogP contribution in [0.4, 0.5) is 10.1 Å². The lowest BCUT2D eigenvalue weighted by atomic mass is 10.1. The molecule has 132 valence electrons. The average molecular weight is 358 g/mol. The maximum Gasteiger partial charge on any atom is 0.173 e. The summed E-state index contributed by atoms with van der Waals surface area (Å²) < 4.78 is 19.4. The zero-order valence-corrected chi connectivity index (χ0v) is 15.2. The van der Waals surface area contributed by atoms with E-state index in [1.807, 2.05) is 36.4 Å². The molecule has 2 aromatic carbocycles. The second-order valence-corrected chi connectivity index (χ2v) is 6.71. The topological polar surface area (TPSA) is 24.5 Å². The second-order valence-electron chi connectivity index (χ2n) is 6.32. The summed E-state index contributed by atoms with van der Waals surface area (Å²) in [6.07, 6.45) is 4.57. The molecule has 3 rings (SSSR count). The van der Waals surface area contributed by atoms with Gasteiger partial charge in [-0.1, -0.05) is 37.1 Å². The van der Waals surface area contributed by atoms with Gasteiger partial charge in [0.05, 0.1) is 7.11 Å². The summed E-state index contributed by atoms with van der Waals surface area (Å²) >= 11 is 5.67. The molecule has 1 fully saturated rings. The second kappa shape index (κ2) is 8.30. The molecule has 1 aliphatic rings. The minimum atomic E-state index is -0.185. The number of hydrogen-bond acceptors (Lipinski definition) is 2. The van der Waals surface area contributed by atoms with Crippen LogP contribution in [0.5, 0.6) is 5.75 Å². The van der Waals surface area contributed by atoms with Gasteiger partial charge in [0.1, 0.15) is 11.6 Å². The van der Waals surface area contributed by atoms with Crippen LogP contribution in [0.3, 0.4) is 0 Å². The van der Waals surface area contributed by atoms with Gasteiger partial charge in [-0.05, 0) is 43.3 Å². The van der Waals surface area contributed by atoms with Crippen molar-refractivity contribution < 1.29 is 9.13 Å². The Morgan fingerprint density at radius 2 is 1.96 bits per heavy atom. The molecule has 3 nitrogen and oxygen atoms in total. The summed E-state index contributed by atoms with van der Waals surface area (Å²) in [5, 5.41) is 3.92. The largest absolute Gasteiger partial charge is 0.497 e. The predicted molar refractivity (Wildman–Crippen MR) is 103 cm³/mol. The van der Waals surface area contributed by atoms with E-state index >= 15 is 0 Å². The van der Waals surface area contributed by atoms with E-state index < -0.39 is 0 Å². The number of thiocarbonyl (C=S) groups is 1. The van der Waals surface area contributed by atoms with Crippen molar-refractivity contribution in [2.24, 2.45) is 0 Å². The maximum atomic E-state index is 14.1. The molecule has 1 N–H and O–H groups in total. The predicted octanol–water partition coefficient (Wildman–Crippen LogP) is 4.98. The summed E-state index contributed by atoms with van der Waals surface area (Å²) in [4.78, 5) is 2.13. The summed E-state index contributed by atoms with van der Waals surface area (Å²) in [6, 6.07) is 14.9. The fourth-order valence-electron chi connectivity index (χ4n) is 3.29. The van der Waals surface area contributed by atoms with E-state index in [4.69, 9.17) is 17.0 Å². The van der Waals surface area contributed by atoms with E-state index in [9.17, 15) is 4.39 Å². The van der Waals surface area contributed by atoms with E-state index in [2.05, 4.69) is 10.2 Å². The number of rotatable bonds is 5. The lowest BCUT2D eigenvalue weighted by molar-refractivity contribution is 0.308. The molecule has 0 aromatic heterocycles. The van der Waals surface area contributed by atoms with Gasteiger partial charge in [-0.25, -0.2) is 4.39 Å². The van der Waals surface area contributed by atoms with Crippen molar-refractivity contribution in [1.82, 2.24) is 4.90 Å². The molecule has 25 heavy (non-hydrogen) atoms. The van der Waals surface area contributed by atoms with Crippen molar-refractivity contribution in [3.05, 3.63) is 59.9 Å². The van der Waals surface area contributed by atoms with Crippen LogP contribution < -0.4 is 10.1 Å². The number of benzene rings is 2. The summed E-state index contributed by atoms with van der Waals surface area (Å²) in [5.41, 5.74) is 1.55. The normalized spacial score (nSPS) is 14.3. The summed E-state index contributed by atoms with van der Waals surface area (Å²) in [7, 11) is 1.64. The Balaban J connectivity index is 1.78. The molecule has 1 saturated carbocycles. The molecule has 1 aliphatic carbocycles. The number of anilines is 1. The minimum Gasteiger partial charge on any atom is -0.497 e. The van der Waals surface area contributed by atoms with Crippen molar-refractivity contribution in [1.29, 1.82) is 0 Å². The Morgan fingerprint density at radius 1 is 1.20 bits per heavy atom. The van der Waals surface area contributed by atoms with Gasteiger partial charge in [-0.15, -0.1) is 0 Å². The third kappa shape index (κ3) is 4.48. The molecule has 0 radical (unpaired) electrons.